The summed E-state index contributed by atoms with van der Waals surface area (Å²) in [7, 11) is 0. The first kappa shape index (κ1) is 29.3. The molecular formula is C49H39N. The Balaban J connectivity index is 1.19. The Bertz CT molecular complexity index is 2320. The molecular weight excluding hydrogens is 603 g/mol. The number of fused-ring (bicyclic) bond motifs is 8. The molecule has 10 rings (SSSR count). The van der Waals surface area contributed by atoms with Crippen molar-refractivity contribution in [3.05, 3.63) is 187 Å². The Morgan fingerprint density at radius 2 is 1.00 bits per heavy atom. The molecule has 240 valence electrons. The van der Waals surface area contributed by atoms with Gasteiger partial charge >= 0.3 is 0 Å². The van der Waals surface area contributed by atoms with Crippen molar-refractivity contribution in [2.75, 3.05) is 4.90 Å². The monoisotopic (exact) mass is 641 g/mol. The highest BCUT2D eigenvalue weighted by Crippen LogP contribution is 2.66. The molecule has 2 saturated carbocycles. The summed E-state index contributed by atoms with van der Waals surface area (Å²) in [6.07, 6.45) is 5.36. The van der Waals surface area contributed by atoms with E-state index in [2.05, 4.69) is 181 Å². The number of hydrogen-bond acceptors (Lipinski definition) is 1. The molecule has 3 aliphatic rings. The molecule has 50 heavy (non-hydrogen) atoms. The highest BCUT2D eigenvalue weighted by Gasteiger charge is 2.56. The van der Waals surface area contributed by atoms with E-state index in [4.69, 9.17) is 0 Å². The normalized spacial score (nSPS) is 19.8. The molecule has 0 amide bonds. The van der Waals surface area contributed by atoms with Gasteiger partial charge in [-0.2, -0.15) is 0 Å². The fraction of sp³-hybridized carbons (Fsp3) is 0.143. The van der Waals surface area contributed by atoms with E-state index in [1.807, 2.05) is 0 Å². The van der Waals surface area contributed by atoms with Gasteiger partial charge in [0, 0.05) is 22.4 Å². The first-order valence-electron chi connectivity index (χ1n) is 18.2. The quantitative estimate of drug-likeness (QED) is 0.175. The van der Waals surface area contributed by atoms with E-state index in [0.717, 1.165) is 11.6 Å². The van der Waals surface area contributed by atoms with Crippen molar-refractivity contribution >= 4 is 17.1 Å². The minimum absolute atomic E-state index is 0.118. The van der Waals surface area contributed by atoms with E-state index in [-0.39, 0.29) is 5.41 Å². The fourth-order valence-corrected chi connectivity index (χ4v) is 9.77. The summed E-state index contributed by atoms with van der Waals surface area (Å²) in [6, 6.07) is 65.2. The van der Waals surface area contributed by atoms with Gasteiger partial charge in [-0.15, -0.1) is 0 Å². The molecule has 0 saturated heterocycles. The third kappa shape index (κ3) is 4.61. The smallest absolute Gasteiger partial charge is 0.0540 e. The molecule has 0 aliphatic heterocycles. The van der Waals surface area contributed by atoms with Crippen molar-refractivity contribution in [3.63, 3.8) is 0 Å². The van der Waals surface area contributed by atoms with Crippen molar-refractivity contribution in [2.24, 2.45) is 11.8 Å². The maximum absolute atomic E-state index is 2.57. The Kier molecular flexibility index (Phi) is 6.88. The van der Waals surface area contributed by atoms with Crippen LogP contribution in [0.25, 0.3) is 44.5 Å². The maximum atomic E-state index is 2.57. The second-order valence-electron chi connectivity index (χ2n) is 14.5. The Morgan fingerprint density at radius 1 is 0.420 bits per heavy atom. The molecule has 7 aromatic rings. The van der Waals surface area contributed by atoms with Gasteiger partial charge in [0.05, 0.1) is 5.69 Å². The van der Waals surface area contributed by atoms with Crippen LogP contribution in [0.4, 0.5) is 17.1 Å². The summed E-state index contributed by atoms with van der Waals surface area (Å²) in [5.74, 6) is 1.55. The zero-order valence-electron chi connectivity index (χ0n) is 28.2. The third-order valence-corrected chi connectivity index (χ3v) is 12.0. The molecule has 2 fully saturated rings. The van der Waals surface area contributed by atoms with Gasteiger partial charge in [0.1, 0.15) is 0 Å². The molecule has 3 aliphatic carbocycles. The summed E-state index contributed by atoms with van der Waals surface area (Å²) in [5, 5.41) is 0. The summed E-state index contributed by atoms with van der Waals surface area (Å²) in [5.41, 5.74) is 17.0. The Morgan fingerprint density at radius 3 is 1.68 bits per heavy atom. The van der Waals surface area contributed by atoms with E-state index >= 15 is 0 Å². The molecule has 2 bridgehead atoms. The lowest BCUT2D eigenvalue weighted by molar-refractivity contribution is 0.327. The van der Waals surface area contributed by atoms with Crippen LogP contribution in [0.2, 0.25) is 0 Å². The van der Waals surface area contributed by atoms with Crippen LogP contribution in [0.1, 0.15) is 36.8 Å². The van der Waals surface area contributed by atoms with Gasteiger partial charge in [-0.05, 0) is 118 Å². The van der Waals surface area contributed by atoms with Crippen molar-refractivity contribution in [3.8, 4) is 44.5 Å². The molecule has 7 aromatic carbocycles. The van der Waals surface area contributed by atoms with Crippen molar-refractivity contribution in [1.29, 1.82) is 0 Å². The largest absolute Gasteiger partial charge is 0.310 e. The van der Waals surface area contributed by atoms with Crippen molar-refractivity contribution < 1.29 is 0 Å². The predicted octanol–water partition coefficient (Wildman–Crippen LogP) is 13.2. The van der Waals surface area contributed by atoms with Crippen LogP contribution in [0, 0.1) is 11.8 Å². The number of hydrogen-bond donors (Lipinski definition) is 0. The van der Waals surface area contributed by atoms with E-state index in [1.165, 1.54) is 87.1 Å². The van der Waals surface area contributed by atoms with Crippen LogP contribution in [0.15, 0.2) is 176 Å². The van der Waals surface area contributed by atoms with Crippen molar-refractivity contribution in [1.82, 2.24) is 0 Å². The third-order valence-electron chi connectivity index (χ3n) is 12.0. The van der Waals surface area contributed by atoms with E-state index < -0.39 is 0 Å². The second-order valence-corrected chi connectivity index (χ2v) is 14.5. The van der Waals surface area contributed by atoms with Crippen molar-refractivity contribution in [2.45, 2.75) is 31.1 Å². The van der Waals surface area contributed by atoms with Gasteiger partial charge in [-0.3, -0.25) is 0 Å². The van der Waals surface area contributed by atoms with E-state index in [0.29, 0.717) is 5.92 Å². The highest BCUT2D eigenvalue weighted by atomic mass is 15.1. The zero-order chi connectivity index (χ0) is 33.1. The summed E-state index contributed by atoms with van der Waals surface area (Å²) in [4.78, 5) is 2.51. The summed E-state index contributed by atoms with van der Waals surface area (Å²) in [6.45, 7) is 0. The van der Waals surface area contributed by atoms with Gasteiger partial charge in [-0.1, -0.05) is 146 Å². The first-order valence-corrected chi connectivity index (χ1v) is 18.2. The minimum Gasteiger partial charge on any atom is -0.310 e. The molecule has 1 heteroatoms. The molecule has 1 nitrogen and oxygen atoms in total. The Labute approximate surface area is 295 Å². The van der Waals surface area contributed by atoms with Gasteiger partial charge in [0.2, 0.25) is 0 Å². The van der Waals surface area contributed by atoms with Crippen LogP contribution < -0.4 is 4.90 Å². The average molecular weight is 642 g/mol. The standard InChI is InChI=1S/C49H39N/c1-4-12-35(13-5-1)37-21-25-41(26-22-37)50(48-29-23-39(36-14-6-2-7-15-36)31-45(48)38-16-8-3-9-17-38)42-27-28-44-43-18-10-11-19-46(43)49(47(44)32-42)33-34-20-24-40(49)30-34/h1-19,21-23,25-29,31-32,34,40H,20,24,30,33H2. The van der Waals surface area contributed by atoms with Gasteiger partial charge in [0.25, 0.3) is 0 Å². The minimum atomic E-state index is 0.118. The zero-order valence-corrected chi connectivity index (χ0v) is 28.2. The predicted molar refractivity (Wildman–Crippen MR) is 209 cm³/mol. The fourth-order valence-electron chi connectivity index (χ4n) is 9.77. The molecule has 1 spiro atoms. The maximum Gasteiger partial charge on any atom is 0.0540 e. The molecule has 3 unspecified atom stereocenters. The van der Waals surface area contributed by atoms with E-state index in [9.17, 15) is 0 Å². The molecule has 0 aromatic heterocycles. The average Bonchev–Trinajstić information content (AvgIpc) is 3.89. The first-order chi connectivity index (χ1) is 24.8. The highest BCUT2D eigenvalue weighted by molar-refractivity contribution is 5.93. The number of benzene rings is 7. The van der Waals surface area contributed by atoms with E-state index in [1.54, 1.807) is 5.56 Å². The summed E-state index contributed by atoms with van der Waals surface area (Å²) < 4.78 is 0. The lowest BCUT2D eigenvalue weighted by Crippen LogP contribution is -2.32. The van der Waals surface area contributed by atoms with Crippen LogP contribution >= 0.6 is 0 Å². The molecule has 0 N–H and O–H groups in total. The SMILES string of the molecule is c1ccc(-c2ccc(N(c3ccc4c(c3)C3(CC5CCC3C5)c3ccccc3-4)c3ccc(-c4ccccc4)cc3-c3ccccc3)cc2)cc1. The molecule has 0 radical (unpaired) electrons. The Hall–Kier alpha value is -5.66. The van der Waals surface area contributed by atoms with Gasteiger partial charge < -0.3 is 4.90 Å². The molecule has 0 heterocycles. The number of nitrogens with zero attached hydrogens (tertiary/aromatic N) is 1. The van der Waals surface area contributed by atoms with Crippen LogP contribution in [-0.2, 0) is 5.41 Å². The number of rotatable bonds is 6. The lowest BCUT2D eigenvalue weighted by Gasteiger charge is -2.37. The second kappa shape index (κ2) is 11.7. The van der Waals surface area contributed by atoms with Crippen LogP contribution in [0.3, 0.4) is 0 Å². The van der Waals surface area contributed by atoms with Crippen LogP contribution in [0.5, 0.6) is 0 Å². The van der Waals surface area contributed by atoms with Crippen LogP contribution in [-0.4, -0.2) is 0 Å². The topological polar surface area (TPSA) is 3.24 Å². The van der Waals surface area contributed by atoms with Gasteiger partial charge in [-0.25, -0.2) is 0 Å². The van der Waals surface area contributed by atoms with Gasteiger partial charge in [0.15, 0.2) is 0 Å². The number of anilines is 3. The molecule has 3 atom stereocenters. The lowest BCUT2D eigenvalue weighted by atomic mass is 9.67. The summed E-state index contributed by atoms with van der Waals surface area (Å²) >= 11 is 0.